The number of H-pyrrole nitrogens is 1. The van der Waals surface area contributed by atoms with E-state index in [9.17, 15) is 0 Å². The lowest BCUT2D eigenvalue weighted by Gasteiger charge is -1.97. The minimum Gasteiger partial charge on any atom is -0.470 e. The number of ether oxygens (including phenoxy) is 1. The van der Waals surface area contributed by atoms with Gasteiger partial charge in [0.2, 0.25) is 5.88 Å². The number of hydrogen-bond acceptors (Lipinski definition) is 4. The van der Waals surface area contributed by atoms with Gasteiger partial charge in [-0.15, -0.1) is 11.3 Å². The number of aromatic nitrogens is 3. The molecule has 0 fully saturated rings. The Labute approximate surface area is 73.3 Å². The van der Waals surface area contributed by atoms with Crippen molar-refractivity contribution in [1.29, 1.82) is 0 Å². The van der Waals surface area contributed by atoms with Gasteiger partial charge in [0, 0.05) is 11.6 Å². The second-order valence-electron chi connectivity index (χ2n) is 2.13. The first kappa shape index (κ1) is 7.30. The number of nitrogens with one attached hydrogen (secondary N) is 1. The van der Waals surface area contributed by atoms with Crippen LogP contribution >= 0.6 is 11.3 Å². The minimum atomic E-state index is 0.500. The van der Waals surface area contributed by atoms with E-state index in [0.29, 0.717) is 12.5 Å². The van der Waals surface area contributed by atoms with Crippen molar-refractivity contribution in [3.05, 3.63) is 29.1 Å². The molecule has 0 aromatic carbocycles. The molecule has 0 bridgehead atoms. The van der Waals surface area contributed by atoms with E-state index in [0.717, 1.165) is 5.01 Å². The maximum absolute atomic E-state index is 5.32. The third kappa shape index (κ3) is 1.62. The fraction of sp³-hybridized carbons (Fsp3) is 0.143. The van der Waals surface area contributed by atoms with E-state index in [4.69, 9.17) is 4.74 Å². The number of aromatic amines is 1. The molecule has 2 rings (SSSR count). The predicted octanol–water partition coefficient (Wildman–Crippen LogP) is 1.45. The molecule has 0 amide bonds. The summed E-state index contributed by atoms with van der Waals surface area (Å²) in [4.78, 5) is 10.7. The molecule has 0 spiro atoms. The van der Waals surface area contributed by atoms with Gasteiger partial charge >= 0.3 is 0 Å². The molecule has 0 radical (unpaired) electrons. The van der Waals surface area contributed by atoms with Crippen LogP contribution in [0.3, 0.4) is 0 Å². The Morgan fingerprint density at radius 3 is 3.25 bits per heavy atom. The van der Waals surface area contributed by atoms with Crippen LogP contribution in [0.5, 0.6) is 5.88 Å². The maximum Gasteiger partial charge on any atom is 0.211 e. The average Bonchev–Trinajstić information content (AvgIpc) is 2.74. The smallest absolute Gasteiger partial charge is 0.211 e. The number of imidazole rings is 1. The van der Waals surface area contributed by atoms with Crippen LogP contribution < -0.4 is 4.74 Å². The molecule has 5 heteroatoms. The highest BCUT2D eigenvalue weighted by atomic mass is 32.1. The van der Waals surface area contributed by atoms with Gasteiger partial charge in [0.25, 0.3) is 0 Å². The van der Waals surface area contributed by atoms with Gasteiger partial charge in [-0.1, -0.05) is 0 Å². The topological polar surface area (TPSA) is 50.8 Å². The Balaban J connectivity index is 1.91. The van der Waals surface area contributed by atoms with Gasteiger partial charge in [0.1, 0.15) is 11.6 Å². The summed E-state index contributed by atoms with van der Waals surface area (Å²) in [6.45, 7) is 0.500. The van der Waals surface area contributed by atoms with E-state index in [1.54, 1.807) is 30.1 Å². The van der Waals surface area contributed by atoms with Gasteiger partial charge in [-0.25, -0.2) is 9.97 Å². The highest BCUT2D eigenvalue weighted by molar-refractivity contribution is 7.09. The van der Waals surface area contributed by atoms with Gasteiger partial charge in [-0.2, -0.15) is 0 Å². The Kier molecular flexibility index (Phi) is 2.04. The fourth-order valence-corrected chi connectivity index (χ4v) is 1.31. The molecule has 0 saturated heterocycles. The molecule has 0 atom stereocenters. The summed E-state index contributed by atoms with van der Waals surface area (Å²) >= 11 is 1.57. The second kappa shape index (κ2) is 3.36. The quantitative estimate of drug-likeness (QED) is 0.779. The Morgan fingerprint density at radius 2 is 2.58 bits per heavy atom. The minimum absolute atomic E-state index is 0.500. The van der Waals surface area contributed by atoms with E-state index >= 15 is 0 Å². The Hall–Kier alpha value is -1.36. The van der Waals surface area contributed by atoms with Crippen LogP contribution in [0, 0.1) is 0 Å². The highest BCUT2D eigenvalue weighted by Gasteiger charge is 1.97. The summed E-state index contributed by atoms with van der Waals surface area (Å²) in [7, 11) is 0. The first-order valence-electron chi connectivity index (χ1n) is 3.45. The third-order valence-electron chi connectivity index (χ3n) is 1.31. The molecule has 0 unspecified atom stereocenters. The highest BCUT2D eigenvalue weighted by Crippen LogP contribution is 2.08. The molecule has 12 heavy (non-hydrogen) atoms. The normalized spacial score (nSPS) is 10.0. The van der Waals surface area contributed by atoms with Gasteiger partial charge in [-0.05, 0) is 0 Å². The summed E-state index contributed by atoms with van der Waals surface area (Å²) in [5.74, 6) is 0.671. The molecule has 0 aliphatic carbocycles. The number of nitrogens with zero attached hydrogens (tertiary/aromatic N) is 2. The lowest BCUT2D eigenvalue weighted by molar-refractivity contribution is 0.295. The van der Waals surface area contributed by atoms with Crippen LogP contribution in [-0.2, 0) is 6.61 Å². The molecule has 0 aliphatic rings. The van der Waals surface area contributed by atoms with Crippen LogP contribution in [0.1, 0.15) is 5.01 Å². The molecule has 2 aromatic heterocycles. The molecular formula is C7H7N3OS. The second-order valence-corrected chi connectivity index (χ2v) is 3.11. The lowest BCUT2D eigenvalue weighted by Crippen LogP contribution is -1.93. The number of thiazole rings is 1. The van der Waals surface area contributed by atoms with E-state index in [2.05, 4.69) is 15.0 Å². The predicted molar refractivity (Wildman–Crippen MR) is 45.0 cm³/mol. The van der Waals surface area contributed by atoms with Crippen molar-refractivity contribution in [2.75, 3.05) is 0 Å². The lowest BCUT2D eigenvalue weighted by atomic mass is 10.7. The van der Waals surface area contributed by atoms with Crippen molar-refractivity contribution in [1.82, 2.24) is 15.0 Å². The molecule has 62 valence electrons. The molecule has 4 nitrogen and oxygen atoms in total. The molecule has 1 N–H and O–H groups in total. The van der Waals surface area contributed by atoms with E-state index < -0.39 is 0 Å². The van der Waals surface area contributed by atoms with Crippen LogP contribution in [0.2, 0.25) is 0 Å². The molecule has 0 aliphatic heterocycles. The first-order valence-corrected chi connectivity index (χ1v) is 4.32. The van der Waals surface area contributed by atoms with Crippen LogP contribution in [0.15, 0.2) is 24.1 Å². The first-order chi connectivity index (χ1) is 5.95. The monoisotopic (exact) mass is 181 g/mol. The van der Waals surface area contributed by atoms with Crippen molar-refractivity contribution >= 4 is 11.3 Å². The molecule has 0 saturated carbocycles. The van der Waals surface area contributed by atoms with Crippen molar-refractivity contribution in [3.63, 3.8) is 0 Å². The fourth-order valence-electron chi connectivity index (χ4n) is 0.786. The van der Waals surface area contributed by atoms with Crippen molar-refractivity contribution in [3.8, 4) is 5.88 Å². The zero-order chi connectivity index (χ0) is 8.23. The zero-order valence-electron chi connectivity index (χ0n) is 6.23. The van der Waals surface area contributed by atoms with Gasteiger partial charge in [0.05, 0.1) is 12.5 Å². The number of hydrogen-bond donors (Lipinski definition) is 1. The van der Waals surface area contributed by atoms with Gasteiger partial charge in [0.15, 0.2) is 0 Å². The van der Waals surface area contributed by atoms with E-state index in [-0.39, 0.29) is 0 Å². The maximum atomic E-state index is 5.32. The zero-order valence-corrected chi connectivity index (χ0v) is 7.04. The molecule has 2 aromatic rings. The van der Waals surface area contributed by atoms with Crippen LogP contribution in [-0.4, -0.2) is 15.0 Å². The summed E-state index contributed by atoms with van der Waals surface area (Å²) in [6, 6.07) is 0. The van der Waals surface area contributed by atoms with Crippen molar-refractivity contribution in [2.24, 2.45) is 0 Å². The third-order valence-corrected chi connectivity index (χ3v) is 2.06. The van der Waals surface area contributed by atoms with Crippen LogP contribution in [0.25, 0.3) is 0 Å². The van der Waals surface area contributed by atoms with E-state index in [1.807, 2.05) is 5.38 Å². The summed E-state index contributed by atoms with van der Waals surface area (Å²) in [5.41, 5.74) is 0. The standard InChI is InChI=1S/C7H7N3OS/c1-2-12-7(9-1)4-11-6-3-8-5-10-6/h1-3,5H,4H2,(H,8,10). The number of rotatable bonds is 3. The SMILES string of the molecule is c1csc(COc2cnc[nH]2)n1. The van der Waals surface area contributed by atoms with Crippen molar-refractivity contribution < 1.29 is 4.74 Å². The average molecular weight is 181 g/mol. The largest absolute Gasteiger partial charge is 0.470 e. The van der Waals surface area contributed by atoms with Crippen molar-refractivity contribution in [2.45, 2.75) is 6.61 Å². The van der Waals surface area contributed by atoms with Gasteiger partial charge < -0.3 is 9.72 Å². The van der Waals surface area contributed by atoms with E-state index in [1.165, 1.54) is 0 Å². The molecular weight excluding hydrogens is 174 g/mol. The molecule has 2 heterocycles. The summed E-state index contributed by atoms with van der Waals surface area (Å²) in [5, 5.41) is 2.88. The Bertz CT molecular complexity index is 282. The van der Waals surface area contributed by atoms with Crippen LogP contribution in [0.4, 0.5) is 0 Å². The Morgan fingerprint density at radius 1 is 1.58 bits per heavy atom. The van der Waals surface area contributed by atoms with Gasteiger partial charge in [-0.3, -0.25) is 0 Å². The summed E-state index contributed by atoms with van der Waals surface area (Å²) in [6.07, 6.45) is 4.97. The summed E-state index contributed by atoms with van der Waals surface area (Å²) < 4.78 is 5.32.